The van der Waals surface area contributed by atoms with Gasteiger partial charge in [-0.05, 0) is 42.3 Å². The third-order valence-corrected chi connectivity index (χ3v) is 3.53. The summed E-state index contributed by atoms with van der Waals surface area (Å²) in [7, 11) is 1.61. The Balaban J connectivity index is 2.19. The van der Waals surface area contributed by atoms with E-state index in [1.54, 1.807) is 25.4 Å². The summed E-state index contributed by atoms with van der Waals surface area (Å²) in [5.41, 5.74) is 2.90. The Kier molecular flexibility index (Phi) is 4.74. The number of pyridine rings is 1. The summed E-state index contributed by atoms with van der Waals surface area (Å²) >= 11 is 3.46. The van der Waals surface area contributed by atoms with Gasteiger partial charge in [0.25, 0.3) is 5.91 Å². The van der Waals surface area contributed by atoms with Crippen molar-refractivity contribution in [3.8, 4) is 0 Å². The Hall–Kier alpha value is -1.88. The van der Waals surface area contributed by atoms with E-state index in [4.69, 9.17) is 0 Å². The SMILES string of the molecule is CNC(=O)c1cccnc1NCc1cc(Br)ccc1C. The van der Waals surface area contributed by atoms with Crippen LogP contribution in [0.2, 0.25) is 0 Å². The second-order valence-corrected chi connectivity index (χ2v) is 5.32. The highest BCUT2D eigenvalue weighted by atomic mass is 79.9. The Labute approximate surface area is 126 Å². The first-order valence-electron chi connectivity index (χ1n) is 6.28. The lowest BCUT2D eigenvalue weighted by molar-refractivity contribution is 0.0963. The Morgan fingerprint density at radius 2 is 2.15 bits per heavy atom. The smallest absolute Gasteiger partial charge is 0.254 e. The van der Waals surface area contributed by atoms with Gasteiger partial charge in [0.15, 0.2) is 0 Å². The maximum atomic E-state index is 11.8. The zero-order valence-corrected chi connectivity index (χ0v) is 13.0. The number of hydrogen-bond acceptors (Lipinski definition) is 3. The van der Waals surface area contributed by atoms with E-state index in [-0.39, 0.29) is 5.91 Å². The van der Waals surface area contributed by atoms with Crippen LogP contribution in [0.4, 0.5) is 5.82 Å². The van der Waals surface area contributed by atoms with Gasteiger partial charge in [-0.2, -0.15) is 0 Å². The Morgan fingerprint density at radius 3 is 2.90 bits per heavy atom. The van der Waals surface area contributed by atoms with Gasteiger partial charge in [0.2, 0.25) is 0 Å². The molecule has 0 saturated heterocycles. The van der Waals surface area contributed by atoms with Crippen molar-refractivity contribution in [3.63, 3.8) is 0 Å². The molecule has 4 nitrogen and oxygen atoms in total. The van der Waals surface area contributed by atoms with Crippen LogP contribution in [-0.2, 0) is 6.54 Å². The number of aryl methyl sites for hydroxylation is 1. The molecule has 0 aliphatic rings. The number of benzene rings is 1. The number of halogens is 1. The highest BCUT2D eigenvalue weighted by Gasteiger charge is 2.10. The quantitative estimate of drug-likeness (QED) is 0.903. The first kappa shape index (κ1) is 14.5. The molecule has 0 atom stereocenters. The zero-order chi connectivity index (χ0) is 14.5. The van der Waals surface area contributed by atoms with E-state index in [0.29, 0.717) is 17.9 Å². The molecule has 0 unspecified atom stereocenters. The minimum absolute atomic E-state index is 0.147. The summed E-state index contributed by atoms with van der Waals surface area (Å²) in [5, 5.41) is 5.83. The molecule has 1 amide bonds. The first-order chi connectivity index (χ1) is 9.61. The molecule has 104 valence electrons. The van der Waals surface area contributed by atoms with Crippen molar-refractivity contribution in [2.24, 2.45) is 0 Å². The van der Waals surface area contributed by atoms with Crippen LogP contribution >= 0.6 is 15.9 Å². The minimum atomic E-state index is -0.147. The van der Waals surface area contributed by atoms with E-state index < -0.39 is 0 Å². The van der Waals surface area contributed by atoms with Crippen molar-refractivity contribution in [1.82, 2.24) is 10.3 Å². The molecule has 0 spiro atoms. The van der Waals surface area contributed by atoms with E-state index in [1.165, 1.54) is 5.56 Å². The number of carbonyl (C=O) groups excluding carboxylic acids is 1. The summed E-state index contributed by atoms with van der Waals surface area (Å²) in [6, 6.07) is 9.63. The van der Waals surface area contributed by atoms with Gasteiger partial charge in [-0.15, -0.1) is 0 Å². The predicted molar refractivity (Wildman–Crippen MR) is 83.8 cm³/mol. The average molecular weight is 334 g/mol. The maximum absolute atomic E-state index is 11.8. The van der Waals surface area contributed by atoms with Gasteiger partial charge >= 0.3 is 0 Å². The van der Waals surface area contributed by atoms with Gasteiger partial charge in [0.1, 0.15) is 5.82 Å². The summed E-state index contributed by atoms with van der Waals surface area (Å²) in [4.78, 5) is 16.0. The van der Waals surface area contributed by atoms with Crippen LogP contribution in [0, 0.1) is 6.92 Å². The lowest BCUT2D eigenvalue weighted by Crippen LogP contribution is -2.20. The molecule has 1 aromatic carbocycles. The number of hydrogen-bond donors (Lipinski definition) is 2. The van der Waals surface area contributed by atoms with Crippen LogP contribution in [0.3, 0.4) is 0 Å². The Morgan fingerprint density at radius 1 is 1.35 bits per heavy atom. The van der Waals surface area contributed by atoms with Crippen LogP contribution in [0.1, 0.15) is 21.5 Å². The van der Waals surface area contributed by atoms with Crippen LogP contribution in [-0.4, -0.2) is 17.9 Å². The topological polar surface area (TPSA) is 54.0 Å². The van der Waals surface area contributed by atoms with Crippen molar-refractivity contribution >= 4 is 27.7 Å². The van der Waals surface area contributed by atoms with Crippen LogP contribution < -0.4 is 10.6 Å². The molecule has 0 bridgehead atoms. The monoisotopic (exact) mass is 333 g/mol. The molecular weight excluding hydrogens is 318 g/mol. The highest BCUT2D eigenvalue weighted by molar-refractivity contribution is 9.10. The molecule has 2 rings (SSSR count). The molecule has 0 aliphatic carbocycles. The molecule has 1 aromatic heterocycles. The maximum Gasteiger partial charge on any atom is 0.254 e. The fourth-order valence-electron chi connectivity index (χ4n) is 1.87. The van der Waals surface area contributed by atoms with Crippen LogP contribution in [0.5, 0.6) is 0 Å². The number of rotatable bonds is 4. The third kappa shape index (κ3) is 3.36. The van der Waals surface area contributed by atoms with Crippen molar-refractivity contribution in [2.75, 3.05) is 12.4 Å². The minimum Gasteiger partial charge on any atom is -0.365 e. The normalized spacial score (nSPS) is 10.2. The average Bonchev–Trinajstić information content (AvgIpc) is 2.47. The van der Waals surface area contributed by atoms with Crippen LogP contribution in [0.25, 0.3) is 0 Å². The van der Waals surface area contributed by atoms with Crippen molar-refractivity contribution in [2.45, 2.75) is 13.5 Å². The lowest BCUT2D eigenvalue weighted by atomic mass is 10.1. The van der Waals surface area contributed by atoms with Gasteiger partial charge in [-0.1, -0.05) is 22.0 Å². The first-order valence-corrected chi connectivity index (χ1v) is 7.07. The van der Waals surface area contributed by atoms with Gasteiger partial charge in [-0.25, -0.2) is 4.98 Å². The third-order valence-electron chi connectivity index (χ3n) is 3.04. The second kappa shape index (κ2) is 6.52. The second-order valence-electron chi connectivity index (χ2n) is 4.40. The summed E-state index contributed by atoms with van der Waals surface area (Å²) in [6.07, 6.45) is 1.67. The van der Waals surface area contributed by atoms with Crippen molar-refractivity contribution in [1.29, 1.82) is 0 Å². The zero-order valence-electron chi connectivity index (χ0n) is 11.4. The van der Waals surface area contributed by atoms with Gasteiger partial charge in [0, 0.05) is 24.3 Å². The Bertz CT molecular complexity index is 628. The van der Waals surface area contributed by atoms with Crippen molar-refractivity contribution < 1.29 is 4.79 Å². The molecule has 2 aromatic rings. The number of carbonyl (C=O) groups is 1. The van der Waals surface area contributed by atoms with E-state index in [9.17, 15) is 4.79 Å². The predicted octanol–water partition coefficient (Wildman–Crippen LogP) is 3.12. The molecule has 0 fully saturated rings. The molecular formula is C15H16BrN3O. The fraction of sp³-hybridized carbons (Fsp3) is 0.200. The number of nitrogens with zero attached hydrogens (tertiary/aromatic N) is 1. The van der Waals surface area contributed by atoms with E-state index in [2.05, 4.69) is 50.6 Å². The largest absolute Gasteiger partial charge is 0.365 e. The summed E-state index contributed by atoms with van der Waals surface area (Å²) < 4.78 is 1.03. The molecule has 0 saturated carbocycles. The standard InChI is InChI=1S/C15H16BrN3O/c1-10-5-6-12(16)8-11(10)9-19-14-13(15(20)17-2)4-3-7-18-14/h3-8H,9H2,1-2H3,(H,17,20)(H,18,19). The van der Waals surface area contributed by atoms with Gasteiger partial charge in [-0.3, -0.25) is 4.79 Å². The molecule has 2 N–H and O–H groups in total. The van der Waals surface area contributed by atoms with E-state index >= 15 is 0 Å². The summed E-state index contributed by atoms with van der Waals surface area (Å²) in [5.74, 6) is 0.442. The van der Waals surface area contributed by atoms with Crippen molar-refractivity contribution in [3.05, 3.63) is 57.7 Å². The van der Waals surface area contributed by atoms with Gasteiger partial charge < -0.3 is 10.6 Å². The number of nitrogens with one attached hydrogen (secondary N) is 2. The van der Waals surface area contributed by atoms with E-state index in [1.807, 2.05) is 6.07 Å². The van der Waals surface area contributed by atoms with E-state index in [0.717, 1.165) is 10.0 Å². The lowest BCUT2D eigenvalue weighted by Gasteiger charge is -2.11. The molecule has 0 radical (unpaired) electrons. The molecule has 1 heterocycles. The number of amides is 1. The van der Waals surface area contributed by atoms with Crippen LogP contribution in [0.15, 0.2) is 41.0 Å². The van der Waals surface area contributed by atoms with Gasteiger partial charge in [0.05, 0.1) is 5.56 Å². The fourth-order valence-corrected chi connectivity index (χ4v) is 2.28. The molecule has 0 aliphatic heterocycles. The number of aromatic nitrogens is 1. The molecule has 5 heteroatoms. The number of anilines is 1. The molecule has 20 heavy (non-hydrogen) atoms. The summed E-state index contributed by atoms with van der Waals surface area (Å²) in [6.45, 7) is 2.67. The highest BCUT2D eigenvalue weighted by Crippen LogP contribution is 2.18.